The average Bonchev–Trinajstić information content (AvgIpc) is 2.58. The van der Waals surface area contributed by atoms with Gasteiger partial charge in [0.2, 0.25) is 0 Å². The molecular formula is C20H14O2. The molecule has 22 heavy (non-hydrogen) atoms. The first-order chi connectivity index (χ1) is 10.8. The van der Waals surface area contributed by atoms with E-state index in [-0.39, 0.29) is 5.78 Å². The third kappa shape index (κ3) is 1.70. The zero-order chi connectivity index (χ0) is 15.1. The van der Waals surface area contributed by atoms with Crippen molar-refractivity contribution in [2.24, 2.45) is 0 Å². The second-order valence-corrected chi connectivity index (χ2v) is 5.31. The van der Waals surface area contributed by atoms with Crippen LogP contribution in [0.2, 0.25) is 0 Å². The highest BCUT2D eigenvalue weighted by molar-refractivity contribution is 6.26. The van der Waals surface area contributed by atoms with E-state index in [4.69, 9.17) is 4.74 Å². The number of carbonyl (C=O) groups is 1. The Labute approximate surface area is 128 Å². The zero-order valence-corrected chi connectivity index (χ0v) is 12.0. The van der Waals surface area contributed by atoms with Crippen LogP contribution in [0.25, 0.3) is 21.9 Å². The molecule has 0 saturated heterocycles. The lowest BCUT2D eigenvalue weighted by Gasteiger charge is -2.21. The molecule has 0 radical (unpaired) electrons. The van der Waals surface area contributed by atoms with Crippen molar-refractivity contribution >= 4 is 16.6 Å². The molecule has 0 saturated carbocycles. The number of hydrogen-bond acceptors (Lipinski definition) is 2. The van der Waals surface area contributed by atoms with Gasteiger partial charge in [0.25, 0.3) is 0 Å². The molecule has 0 heterocycles. The summed E-state index contributed by atoms with van der Waals surface area (Å²) in [6.07, 6.45) is 1.72. The lowest BCUT2D eigenvalue weighted by molar-refractivity contribution is 0.104. The highest BCUT2D eigenvalue weighted by atomic mass is 16.5. The quantitative estimate of drug-likeness (QED) is 0.514. The minimum Gasteiger partial charge on any atom is -0.489 e. The Morgan fingerprint density at radius 1 is 0.864 bits per heavy atom. The van der Waals surface area contributed by atoms with E-state index in [2.05, 4.69) is 6.58 Å². The van der Waals surface area contributed by atoms with Gasteiger partial charge in [0.1, 0.15) is 12.4 Å². The number of fused-ring (bicyclic) bond motifs is 2. The van der Waals surface area contributed by atoms with Crippen LogP contribution in [0.4, 0.5) is 0 Å². The van der Waals surface area contributed by atoms with Crippen LogP contribution in [0.5, 0.6) is 5.75 Å². The first kappa shape index (κ1) is 12.8. The molecule has 0 atom stereocenters. The van der Waals surface area contributed by atoms with Crippen molar-refractivity contribution in [1.29, 1.82) is 0 Å². The van der Waals surface area contributed by atoms with Crippen LogP contribution in [0, 0.1) is 0 Å². The molecule has 0 bridgehead atoms. The summed E-state index contributed by atoms with van der Waals surface area (Å²) < 4.78 is 5.74. The Morgan fingerprint density at radius 3 is 2.45 bits per heavy atom. The van der Waals surface area contributed by atoms with Crippen LogP contribution in [0.3, 0.4) is 0 Å². The molecule has 0 spiro atoms. The molecule has 0 aromatic heterocycles. The Bertz CT molecular complexity index is 922. The van der Waals surface area contributed by atoms with Gasteiger partial charge in [-0.2, -0.15) is 0 Å². The average molecular weight is 286 g/mol. The molecular weight excluding hydrogens is 272 g/mol. The molecule has 2 heteroatoms. The molecule has 3 aromatic rings. The summed E-state index contributed by atoms with van der Waals surface area (Å²) in [5.41, 5.74) is 3.59. The Kier molecular flexibility index (Phi) is 2.83. The van der Waals surface area contributed by atoms with Crippen molar-refractivity contribution in [3.05, 3.63) is 78.4 Å². The van der Waals surface area contributed by atoms with Crippen molar-refractivity contribution < 1.29 is 9.53 Å². The summed E-state index contributed by atoms with van der Waals surface area (Å²) in [5, 5.41) is 1.95. The van der Waals surface area contributed by atoms with Gasteiger partial charge in [0.05, 0.1) is 0 Å². The maximum Gasteiger partial charge on any atom is 0.194 e. The van der Waals surface area contributed by atoms with Crippen molar-refractivity contribution in [2.75, 3.05) is 6.61 Å². The molecule has 4 rings (SSSR count). The molecule has 0 unspecified atom stereocenters. The van der Waals surface area contributed by atoms with Crippen LogP contribution in [-0.2, 0) is 0 Å². The molecule has 1 aliphatic carbocycles. The highest BCUT2D eigenvalue weighted by Crippen LogP contribution is 2.42. The maximum atomic E-state index is 12.8. The van der Waals surface area contributed by atoms with Crippen molar-refractivity contribution in [3.63, 3.8) is 0 Å². The van der Waals surface area contributed by atoms with Crippen molar-refractivity contribution in [1.82, 2.24) is 0 Å². The standard InChI is InChI=1S/C20H14O2/c1-2-12-22-18-11-10-14-13-6-3-4-7-15(13)20(21)17-9-5-8-16(18)19(14)17/h2-11H,1,12H2. The minimum absolute atomic E-state index is 0.0783. The van der Waals surface area contributed by atoms with Crippen LogP contribution >= 0.6 is 0 Å². The van der Waals surface area contributed by atoms with Gasteiger partial charge in [-0.05, 0) is 17.2 Å². The largest absolute Gasteiger partial charge is 0.489 e. The van der Waals surface area contributed by atoms with Gasteiger partial charge in [0, 0.05) is 21.9 Å². The molecule has 2 nitrogen and oxygen atoms in total. The Morgan fingerprint density at radius 2 is 1.64 bits per heavy atom. The van der Waals surface area contributed by atoms with Gasteiger partial charge in [-0.1, -0.05) is 61.2 Å². The van der Waals surface area contributed by atoms with E-state index < -0.39 is 0 Å². The summed E-state index contributed by atoms with van der Waals surface area (Å²) in [6.45, 7) is 4.13. The summed E-state index contributed by atoms with van der Waals surface area (Å²) in [6, 6.07) is 17.6. The number of ether oxygens (including phenoxy) is 1. The number of carbonyl (C=O) groups excluding carboxylic acids is 1. The lowest BCUT2D eigenvalue weighted by atomic mass is 9.83. The third-order valence-corrected chi connectivity index (χ3v) is 4.06. The summed E-state index contributed by atoms with van der Waals surface area (Å²) in [4.78, 5) is 12.8. The SMILES string of the molecule is C=CCOc1ccc2c3c(cccc13)C(=O)c1ccccc1-2. The summed E-state index contributed by atoms with van der Waals surface area (Å²) in [7, 11) is 0. The second-order valence-electron chi connectivity index (χ2n) is 5.31. The third-order valence-electron chi connectivity index (χ3n) is 4.06. The van der Waals surface area contributed by atoms with E-state index >= 15 is 0 Å². The molecule has 0 fully saturated rings. The molecule has 1 aliphatic rings. The fourth-order valence-electron chi connectivity index (χ4n) is 3.13. The Balaban J connectivity index is 2.08. The van der Waals surface area contributed by atoms with E-state index in [9.17, 15) is 4.79 Å². The predicted octanol–water partition coefficient (Wildman–Crippen LogP) is 4.62. The van der Waals surface area contributed by atoms with Crippen LogP contribution in [-0.4, -0.2) is 12.4 Å². The lowest BCUT2D eigenvalue weighted by Crippen LogP contribution is -2.10. The minimum atomic E-state index is 0.0783. The van der Waals surface area contributed by atoms with E-state index in [1.807, 2.05) is 54.6 Å². The van der Waals surface area contributed by atoms with Gasteiger partial charge >= 0.3 is 0 Å². The fourth-order valence-corrected chi connectivity index (χ4v) is 3.13. The molecule has 3 aromatic carbocycles. The molecule has 0 N–H and O–H groups in total. The monoisotopic (exact) mass is 286 g/mol. The van der Waals surface area contributed by atoms with Crippen LogP contribution in [0.15, 0.2) is 67.3 Å². The molecule has 106 valence electrons. The maximum absolute atomic E-state index is 12.8. The van der Waals surface area contributed by atoms with Crippen molar-refractivity contribution in [3.8, 4) is 16.9 Å². The number of hydrogen-bond donors (Lipinski definition) is 0. The molecule has 0 aliphatic heterocycles. The Hall–Kier alpha value is -2.87. The van der Waals surface area contributed by atoms with Crippen molar-refractivity contribution in [2.45, 2.75) is 0 Å². The van der Waals surface area contributed by atoms with Gasteiger partial charge < -0.3 is 4.74 Å². The first-order valence-corrected chi connectivity index (χ1v) is 7.25. The normalized spacial score (nSPS) is 12.1. The first-order valence-electron chi connectivity index (χ1n) is 7.25. The van der Waals surface area contributed by atoms with Gasteiger partial charge in [-0.25, -0.2) is 0 Å². The number of rotatable bonds is 3. The van der Waals surface area contributed by atoms with Gasteiger partial charge in [0.15, 0.2) is 5.78 Å². The van der Waals surface area contributed by atoms with E-state index in [0.717, 1.165) is 38.8 Å². The van der Waals surface area contributed by atoms with Crippen LogP contribution < -0.4 is 4.74 Å². The highest BCUT2D eigenvalue weighted by Gasteiger charge is 2.25. The fraction of sp³-hybridized carbons (Fsp3) is 0.0500. The van der Waals surface area contributed by atoms with Gasteiger partial charge in [-0.3, -0.25) is 4.79 Å². The summed E-state index contributed by atoms with van der Waals surface area (Å²) in [5.74, 6) is 0.863. The molecule has 0 amide bonds. The second kappa shape index (κ2) is 4.85. The number of ketones is 1. The van der Waals surface area contributed by atoms with E-state index in [1.165, 1.54) is 0 Å². The van der Waals surface area contributed by atoms with E-state index in [0.29, 0.717) is 6.61 Å². The smallest absolute Gasteiger partial charge is 0.194 e. The predicted molar refractivity (Wildman–Crippen MR) is 88.5 cm³/mol. The summed E-state index contributed by atoms with van der Waals surface area (Å²) >= 11 is 0. The number of benzene rings is 3. The van der Waals surface area contributed by atoms with Crippen LogP contribution in [0.1, 0.15) is 15.9 Å². The topological polar surface area (TPSA) is 26.3 Å². The van der Waals surface area contributed by atoms with Gasteiger partial charge in [-0.15, -0.1) is 0 Å². The zero-order valence-electron chi connectivity index (χ0n) is 12.0. The van der Waals surface area contributed by atoms with E-state index in [1.54, 1.807) is 6.08 Å².